The number of ketones is 1. The van der Waals surface area contributed by atoms with Gasteiger partial charge in [-0.05, 0) is 85.4 Å². The van der Waals surface area contributed by atoms with Crippen LogP contribution in [-0.2, 0) is 49.6 Å². The minimum Gasteiger partial charge on any atom is -0.512 e. The summed E-state index contributed by atoms with van der Waals surface area (Å²) < 4.78 is 1.27. The van der Waals surface area contributed by atoms with Crippen LogP contribution in [0.4, 0.5) is 0 Å². The topological polar surface area (TPSA) is 63.1 Å². The number of allylic oxidation sites excluding steroid dienone is 2. The number of thiophene rings is 1. The quantitative estimate of drug-likeness (QED) is 0.0861. The van der Waals surface area contributed by atoms with Gasteiger partial charge >= 0.3 is 0 Å². The number of aryl methyl sites for hydroxylation is 2. The number of hydrogen-bond acceptors (Lipinski definition) is 5. The van der Waals surface area contributed by atoms with Crippen molar-refractivity contribution in [2.75, 3.05) is 0 Å². The van der Waals surface area contributed by atoms with E-state index in [2.05, 4.69) is 89.2 Å². The molecule has 2 aromatic carbocycles. The van der Waals surface area contributed by atoms with Crippen LogP contribution in [0.25, 0.3) is 42.6 Å². The Morgan fingerprint density at radius 1 is 0.906 bits per heavy atom. The monoisotopic (exact) mass is 908 g/mol. The van der Waals surface area contributed by atoms with Crippen LogP contribution < -0.4 is 0 Å². The van der Waals surface area contributed by atoms with Crippen molar-refractivity contribution in [1.82, 2.24) is 9.97 Å². The largest absolute Gasteiger partial charge is 0.512 e. The molecule has 3 heterocycles. The van der Waals surface area contributed by atoms with Crippen molar-refractivity contribution in [2.45, 2.75) is 127 Å². The molecule has 0 atom stereocenters. The van der Waals surface area contributed by atoms with Crippen LogP contribution in [0.15, 0.2) is 66.6 Å². The first-order chi connectivity index (χ1) is 24.6. The molecule has 1 aliphatic carbocycles. The Labute approximate surface area is 336 Å². The summed E-state index contributed by atoms with van der Waals surface area (Å²) in [5.74, 6) is 0.905. The van der Waals surface area contributed by atoms with E-state index in [9.17, 15) is 9.90 Å². The predicted octanol–water partition coefficient (Wildman–Crippen LogP) is 13.2. The van der Waals surface area contributed by atoms with E-state index in [1.165, 1.54) is 54.5 Å². The van der Waals surface area contributed by atoms with Crippen LogP contribution in [0, 0.1) is 22.8 Å². The Kier molecular flexibility index (Phi) is 13.7. The summed E-state index contributed by atoms with van der Waals surface area (Å²) in [5, 5.41) is 13.9. The molecule has 0 aliphatic heterocycles. The first-order valence-corrected chi connectivity index (χ1v) is 20.2. The molecule has 1 N–H and O–H groups in total. The van der Waals surface area contributed by atoms with E-state index >= 15 is 0 Å². The summed E-state index contributed by atoms with van der Waals surface area (Å²) in [6.07, 6.45) is 9.81. The molecular formula is C47H59IrN2O2S-. The third kappa shape index (κ3) is 8.87. The molecular weight excluding hydrogens is 849 g/mol. The molecule has 6 heteroatoms. The number of hydrogen-bond donors (Lipinski definition) is 1. The number of carbonyl (C=O) groups is 1. The summed E-state index contributed by atoms with van der Waals surface area (Å²) in [5.41, 5.74) is 8.13. The van der Waals surface area contributed by atoms with Gasteiger partial charge in [-0.25, -0.2) is 0 Å². The molecule has 53 heavy (non-hydrogen) atoms. The van der Waals surface area contributed by atoms with Gasteiger partial charge in [-0.1, -0.05) is 105 Å². The normalized spacial score (nSPS) is 13.3. The maximum absolute atomic E-state index is 12.2. The Morgan fingerprint density at radius 2 is 1.57 bits per heavy atom. The number of pyridine rings is 2. The van der Waals surface area contributed by atoms with Gasteiger partial charge in [0.05, 0.1) is 0 Å². The van der Waals surface area contributed by atoms with Crippen molar-refractivity contribution in [3.63, 3.8) is 0 Å². The molecule has 0 unspecified atom stereocenters. The molecule has 0 spiro atoms. The SMILES string of the molecule is CC(C)Cc1ccc2c(n1)CCc1c-2sc2c(-c3[c-]c4ccccc4c(C(C)(C)C)c3)nccc12.CCC(C)(CC)C(=O)/C=C(\O)C(C)(CC)CC.[Ir]. The zero-order chi connectivity index (χ0) is 38.0. The van der Waals surface area contributed by atoms with E-state index in [0.717, 1.165) is 61.6 Å². The number of nitrogens with zero attached hydrogens (tertiary/aromatic N) is 2. The van der Waals surface area contributed by atoms with Crippen molar-refractivity contribution < 1.29 is 30.0 Å². The molecule has 0 saturated heterocycles. The minimum absolute atomic E-state index is 0. The van der Waals surface area contributed by atoms with Gasteiger partial charge in [-0.2, -0.15) is 0 Å². The number of fused-ring (bicyclic) bond motifs is 6. The summed E-state index contributed by atoms with van der Waals surface area (Å²) in [6.45, 7) is 23.5. The second kappa shape index (κ2) is 17.1. The van der Waals surface area contributed by atoms with Crippen LogP contribution in [0.5, 0.6) is 0 Å². The van der Waals surface area contributed by atoms with Crippen molar-refractivity contribution >= 4 is 38.0 Å². The molecule has 0 saturated carbocycles. The van der Waals surface area contributed by atoms with Gasteiger partial charge in [0.2, 0.25) is 0 Å². The van der Waals surface area contributed by atoms with Crippen molar-refractivity contribution in [2.24, 2.45) is 16.7 Å². The van der Waals surface area contributed by atoms with Gasteiger partial charge in [0, 0.05) is 75.4 Å². The molecule has 0 amide bonds. The molecule has 3 aromatic heterocycles. The maximum atomic E-state index is 12.2. The van der Waals surface area contributed by atoms with E-state index in [0.29, 0.717) is 5.92 Å². The zero-order valence-corrected chi connectivity index (χ0v) is 37.0. The Balaban J connectivity index is 0.000000299. The van der Waals surface area contributed by atoms with E-state index in [4.69, 9.17) is 9.97 Å². The number of aliphatic hydroxyl groups excluding tert-OH is 1. The third-order valence-corrected chi connectivity index (χ3v) is 12.9. The van der Waals surface area contributed by atoms with Crippen LogP contribution >= 0.6 is 11.3 Å². The zero-order valence-electron chi connectivity index (χ0n) is 33.8. The fourth-order valence-corrected chi connectivity index (χ4v) is 8.51. The maximum Gasteiger partial charge on any atom is 0.164 e. The van der Waals surface area contributed by atoms with Gasteiger partial charge in [-0.3, -0.25) is 14.8 Å². The van der Waals surface area contributed by atoms with Gasteiger partial charge < -0.3 is 5.11 Å². The molecule has 0 fully saturated rings. The van der Waals surface area contributed by atoms with Crippen molar-refractivity contribution in [3.8, 4) is 21.7 Å². The molecule has 1 aliphatic rings. The van der Waals surface area contributed by atoms with Gasteiger partial charge in [0.1, 0.15) is 5.76 Å². The van der Waals surface area contributed by atoms with Crippen LogP contribution in [0.2, 0.25) is 0 Å². The molecule has 6 rings (SSSR count). The first kappa shape index (κ1) is 42.6. The first-order valence-electron chi connectivity index (χ1n) is 19.4. The summed E-state index contributed by atoms with van der Waals surface area (Å²) in [7, 11) is 0. The number of aromatic nitrogens is 2. The van der Waals surface area contributed by atoms with Gasteiger partial charge in [0.15, 0.2) is 5.78 Å². The molecule has 1 radical (unpaired) electrons. The fraction of sp³-hybridized carbons (Fsp3) is 0.468. The average molecular weight is 908 g/mol. The van der Waals surface area contributed by atoms with Crippen LogP contribution in [-0.4, -0.2) is 20.9 Å². The van der Waals surface area contributed by atoms with E-state index in [-0.39, 0.29) is 47.9 Å². The van der Waals surface area contributed by atoms with Gasteiger partial charge in [0.25, 0.3) is 0 Å². The number of benzene rings is 2. The Morgan fingerprint density at radius 3 is 2.19 bits per heavy atom. The molecule has 285 valence electrons. The van der Waals surface area contributed by atoms with E-state index in [1.54, 1.807) is 0 Å². The summed E-state index contributed by atoms with van der Waals surface area (Å²) >= 11 is 1.88. The second-order valence-corrected chi connectivity index (χ2v) is 17.7. The number of aliphatic hydroxyl groups is 1. The predicted molar refractivity (Wildman–Crippen MR) is 222 cm³/mol. The Bertz CT molecular complexity index is 2090. The fourth-order valence-electron chi connectivity index (χ4n) is 7.11. The Hall–Kier alpha value is -3.18. The van der Waals surface area contributed by atoms with E-state index in [1.807, 2.05) is 59.1 Å². The van der Waals surface area contributed by atoms with Crippen molar-refractivity contribution in [3.05, 3.63) is 95.1 Å². The molecule has 0 bridgehead atoms. The van der Waals surface area contributed by atoms with E-state index < -0.39 is 0 Å². The smallest absolute Gasteiger partial charge is 0.164 e. The average Bonchev–Trinajstić information content (AvgIpc) is 3.52. The third-order valence-electron chi connectivity index (χ3n) is 11.7. The molecule has 5 aromatic rings. The standard InChI is InChI=1S/C32H31N2S.C15H28O2.Ir/c1-19(2)16-22-10-11-26-28(34-22)13-12-24-25-14-15-33-29(31(25)35-30(24)26)21-17-20-8-6-7-9-23(20)27(18-21)32(3,4)5;1-7-14(5,8-2)12(16)11-13(17)15(6,9-3)10-4;/h6-11,14-15,18-19H,12-13,16H2,1-5H3;11,16H,7-10H2,1-6H3;/q-1;;/b;12-11-;. The summed E-state index contributed by atoms with van der Waals surface area (Å²) in [4.78, 5) is 23.5. The van der Waals surface area contributed by atoms with Crippen LogP contribution in [0.1, 0.15) is 124 Å². The summed E-state index contributed by atoms with van der Waals surface area (Å²) in [6, 6.07) is 21.4. The minimum atomic E-state index is -0.337. The van der Waals surface area contributed by atoms with Crippen LogP contribution in [0.3, 0.4) is 0 Å². The second-order valence-electron chi connectivity index (χ2n) is 16.7. The number of carbonyl (C=O) groups excluding carboxylic acids is 1. The van der Waals surface area contributed by atoms with Gasteiger partial charge in [-0.15, -0.1) is 40.5 Å². The van der Waals surface area contributed by atoms with Crippen molar-refractivity contribution in [1.29, 1.82) is 0 Å². The number of rotatable bonds is 10. The molecule has 4 nitrogen and oxygen atoms in total.